The smallest absolute Gasteiger partial charge is 0.166 e. The van der Waals surface area contributed by atoms with Crippen molar-refractivity contribution in [2.24, 2.45) is 5.92 Å². The van der Waals surface area contributed by atoms with Gasteiger partial charge in [0.25, 0.3) is 0 Å². The molecule has 0 saturated carbocycles. The molecule has 0 aromatic heterocycles. The first-order chi connectivity index (χ1) is 10.3. The highest BCUT2D eigenvalue weighted by Gasteiger charge is 2.24. The van der Waals surface area contributed by atoms with Crippen molar-refractivity contribution in [3.8, 4) is 0 Å². The molecule has 1 atom stereocenters. The molecule has 21 heavy (non-hydrogen) atoms. The topological polar surface area (TPSA) is 17.1 Å². The number of benzene rings is 2. The van der Waals surface area contributed by atoms with Gasteiger partial charge in [-0.05, 0) is 49.7 Å². The molecule has 3 rings (SSSR count). The second-order valence-corrected chi connectivity index (χ2v) is 5.99. The lowest BCUT2D eigenvalue weighted by molar-refractivity contribution is 0.0907. The maximum Gasteiger partial charge on any atom is 0.166 e. The molecule has 1 heteroatoms. The summed E-state index contributed by atoms with van der Waals surface area (Å²) in [4.78, 5) is 12.7. The van der Waals surface area contributed by atoms with Gasteiger partial charge in [-0.1, -0.05) is 54.6 Å². The van der Waals surface area contributed by atoms with E-state index in [9.17, 15) is 4.79 Å². The molecule has 0 saturated heterocycles. The van der Waals surface area contributed by atoms with E-state index in [0.717, 1.165) is 44.1 Å². The van der Waals surface area contributed by atoms with Crippen LogP contribution < -0.4 is 0 Å². The van der Waals surface area contributed by atoms with Gasteiger partial charge in [-0.3, -0.25) is 4.79 Å². The van der Waals surface area contributed by atoms with Gasteiger partial charge in [0.1, 0.15) is 0 Å². The number of carbonyl (C=O) groups excluding carboxylic acids is 1. The van der Waals surface area contributed by atoms with Gasteiger partial charge in [-0.2, -0.15) is 0 Å². The molecule has 0 spiro atoms. The number of carbonyl (C=O) groups is 1. The summed E-state index contributed by atoms with van der Waals surface area (Å²) in [6.45, 7) is 0. The van der Waals surface area contributed by atoms with Crippen LogP contribution in [-0.4, -0.2) is 5.78 Å². The number of hydrogen-bond donors (Lipinski definition) is 0. The van der Waals surface area contributed by atoms with Crippen molar-refractivity contribution < 1.29 is 4.79 Å². The zero-order valence-corrected chi connectivity index (χ0v) is 12.4. The lowest BCUT2D eigenvalue weighted by atomic mass is 9.90. The van der Waals surface area contributed by atoms with Crippen LogP contribution in [0, 0.1) is 5.92 Å². The molecule has 0 aliphatic heterocycles. The molecule has 2 aromatic carbocycles. The first-order valence-electron chi connectivity index (χ1n) is 8.00. The molecule has 0 bridgehead atoms. The fraction of sp³-hybridized carbons (Fsp3) is 0.350. The average molecular weight is 278 g/mol. The molecule has 0 N–H and O–H groups in total. The molecule has 1 nitrogen and oxygen atoms in total. The fourth-order valence-electron chi connectivity index (χ4n) is 3.34. The first-order valence-corrected chi connectivity index (χ1v) is 8.00. The minimum absolute atomic E-state index is 0.220. The molecular formula is C20H22O. The van der Waals surface area contributed by atoms with Crippen LogP contribution in [0.25, 0.3) is 0 Å². The number of hydrogen-bond acceptors (Lipinski definition) is 1. The Kier molecular flexibility index (Phi) is 4.49. The molecule has 0 heterocycles. The average Bonchev–Trinajstić information content (AvgIpc) is 2.69. The molecule has 108 valence electrons. The Bertz CT molecular complexity index is 600. The summed E-state index contributed by atoms with van der Waals surface area (Å²) >= 11 is 0. The minimum Gasteiger partial charge on any atom is -0.294 e. The van der Waals surface area contributed by atoms with E-state index in [0.29, 0.717) is 5.78 Å². The van der Waals surface area contributed by atoms with Crippen molar-refractivity contribution in [3.63, 3.8) is 0 Å². The third kappa shape index (κ3) is 3.41. The molecule has 0 radical (unpaired) electrons. The predicted octanol–water partition coefficient (Wildman–Crippen LogP) is 4.84. The Labute approximate surface area is 127 Å². The lowest BCUT2D eigenvalue weighted by Crippen LogP contribution is -2.14. The third-order valence-corrected chi connectivity index (χ3v) is 4.51. The maximum atomic E-state index is 12.7. The summed E-state index contributed by atoms with van der Waals surface area (Å²) in [5.41, 5.74) is 3.59. The minimum atomic E-state index is 0.220. The van der Waals surface area contributed by atoms with Gasteiger partial charge in [0, 0.05) is 11.5 Å². The van der Waals surface area contributed by atoms with Gasteiger partial charge in [-0.25, -0.2) is 0 Å². The van der Waals surface area contributed by atoms with Gasteiger partial charge in [-0.15, -0.1) is 0 Å². The van der Waals surface area contributed by atoms with Crippen LogP contribution in [0.5, 0.6) is 0 Å². The van der Waals surface area contributed by atoms with E-state index in [1.54, 1.807) is 0 Å². The molecule has 2 aromatic rings. The first kappa shape index (κ1) is 14.1. The SMILES string of the molecule is O=C1c2ccccc2CCCC1CCCc1ccccc1. The zero-order valence-electron chi connectivity index (χ0n) is 12.4. The van der Waals surface area contributed by atoms with Crippen molar-refractivity contribution in [1.82, 2.24) is 0 Å². The van der Waals surface area contributed by atoms with Crippen molar-refractivity contribution in [1.29, 1.82) is 0 Å². The van der Waals surface area contributed by atoms with E-state index >= 15 is 0 Å². The standard InChI is InChI=1S/C20H22O/c21-20-18(13-6-10-16-8-2-1-3-9-16)14-7-12-17-11-4-5-15-19(17)20/h1-5,8-9,11,15,18H,6-7,10,12-14H2. The Hall–Kier alpha value is -1.89. The Morgan fingerprint density at radius 3 is 2.57 bits per heavy atom. The highest BCUT2D eigenvalue weighted by atomic mass is 16.1. The number of fused-ring (bicyclic) bond motifs is 1. The van der Waals surface area contributed by atoms with Crippen LogP contribution in [0.3, 0.4) is 0 Å². The molecule has 1 aliphatic carbocycles. The molecule has 0 amide bonds. The van der Waals surface area contributed by atoms with Gasteiger partial charge in [0.2, 0.25) is 0 Å². The Balaban J connectivity index is 1.62. The van der Waals surface area contributed by atoms with E-state index in [-0.39, 0.29) is 5.92 Å². The van der Waals surface area contributed by atoms with Crippen LogP contribution >= 0.6 is 0 Å². The molecule has 0 fully saturated rings. The lowest BCUT2D eigenvalue weighted by Gasteiger charge is -2.13. The summed E-state index contributed by atoms with van der Waals surface area (Å²) in [6, 6.07) is 18.7. The second-order valence-electron chi connectivity index (χ2n) is 5.99. The van der Waals surface area contributed by atoms with Gasteiger partial charge in [0.05, 0.1) is 0 Å². The monoisotopic (exact) mass is 278 g/mol. The van der Waals surface area contributed by atoms with Crippen LogP contribution in [-0.2, 0) is 12.8 Å². The quantitative estimate of drug-likeness (QED) is 0.731. The van der Waals surface area contributed by atoms with Crippen LogP contribution in [0.15, 0.2) is 54.6 Å². The van der Waals surface area contributed by atoms with E-state index in [2.05, 4.69) is 36.4 Å². The van der Waals surface area contributed by atoms with Gasteiger partial charge in [0.15, 0.2) is 5.78 Å². The predicted molar refractivity (Wildman–Crippen MR) is 86.6 cm³/mol. The summed E-state index contributed by atoms with van der Waals surface area (Å²) in [5.74, 6) is 0.591. The highest BCUT2D eigenvalue weighted by molar-refractivity contribution is 5.99. The highest BCUT2D eigenvalue weighted by Crippen LogP contribution is 2.27. The van der Waals surface area contributed by atoms with Crippen molar-refractivity contribution in [3.05, 3.63) is 71.3 Å². The summed E-state index contributed by atoms with van der Waals surface area (Å²) < 4.78 is 0. The summed E-state index contributed by atoms with van der Waals surface area (Å²) in [7, 11) is 0. The summed E-state index contributed by atoms with van der Waals surface area (Å²) in [6.07, 6.45) is 6.43. The van der Waals surface area contributed by atoms with E-state index < -0.39 is 0 Å². The van der Waals surface area contributed by atoms with E-state index in [1.807, 2.05) is 18.2 Å². The summed E-state index contributed by atoms with van der Waals surface area (Å²) in [5, 5.41) is 0. The Morgan fingerprint density at radius 2 is 1.71 bits per heavy atom. The Morgan fingerprint density at radius 1 is 0.952 bits per heavy atom. The maximum absolute atomic E-state index is 12.7. The van der Waals surface area contributed by atoms with Crippen LogP contribution in [0.4, 0.5) is 0 Å². The van der Waals surface area contributed by atoms with E-state index in [1.165, 1.54) is 11.1 Å². The van der Waals surface area contributed by atoms with E-state index in [4.69, 9.17) is 0 Å². The largest absolute Gasteiger partial charge is 0.294 e. The molecule has 1 aliphatic rings. The zero-order chi connectivity index (χ0) is 14.5. The third-order valence-electron chi connectivity index (χ3n) is 4.51. The normalized spacial score (nSPS) is 18.1. The second kappa shape index (κ2) is 6.71. The number of rotatable bonds is 4. The fourth-order valence-corrected chi connectivity index (χ4v) is 3.34. The van der Waals surface area contributed by atoms with Crippen LogP contribution in [0.2, 0.25) is 0 Å². The number of ketones is 1. The number of aryl methyl sites for hydroxylation is 2. The van der Waals surface area contributed by atoms with Gasteiger partial charge >= 0.3 is 0 Å². The van der Waals surface area contributed by atoms with Crippen molar-refractivity contribution in [2.75, 3.05) is 0 Å². The molecule has 1 unspecified atom stereocenters. The number of Topliss-reactive ketones (excluding diaryl/α,β-unsaturated/α-hetero) is 1. The van der Waals surface area contributed by atoms with Crippen molar-refractivity contribution >= 4 is 5.78 Å². The molecular weight excluding hydrogens is 256 g/mol. The van der Waals surface area contributed by atoms with Gasteiger partial charge < -0.3 is 0 Å². The van der Waals surface area contributed by atoms with Crippen LogP contribution in [0.1, 0.15) is 47.2 Å². The van der Waals surface area contributed by atoms with Crippen molar-refractivity contribution in [2.45, 2.75) is 38.5 Å².